The van der Waals surface area contributed by atoms with Crippen LogP contribution in [-0.4, -0.2) is 29.7 Å². The normalized spacial score (nSPS) is 15.3. The zero-order valence-corrected chi connectivity index (χ0v) is 18.9. The van der Waals surface area contributed by atoms with Crippen LogP contribution in [0, 0.1) is 11.6 Å². The zero-order chi connectivity index (χ0) is 23.4. The third-order valence-corrected chi connectivity index (χ3v) is 6.17. The molecule has 3 aromatic carbocycles. The lowest BCUT2D eigenvalue weighted by atomic mass is 10.1. The van der Waals surface area contributed by atoms with E-state index >= 15 is 0 Å². The van der Waals surface area contributed by atoms with Crippen LogP contribution in [-0.2, 0) is 0 Å². The monoisotopic (exact) mass is 468 g/mol. The van der Waals surface area contributed by atoms with Gasteiger partial charge < -0.3 is 9.47 Å². The van der Waals surface area contributed by atoms with Crippen LogP contribution < -0.4 is 9.47 Å². The molecule has 33 heavy (non-hydrogen) atoms. The van der Waals surface area contributed by atoms with Crippen LogP contribution in [0.3, 0.4) is 0 Å². The number of halogens is 2. The van der Waals surface area contributed by atoms with E-state index in [-0.39, 0.29) is 11.4 Å². The molecule has 0 saturated heterocycles. The molecule has 1 heterocycles. The number of para-hydroxylation sites is 1. The largest absolute Gasteiger partial charge is 0.492 e. The van der Waals surface area contributed by atoms with Crippen molar-refractivity contribution in [3.05, 3.63) is 95.1 Å². The van der Waals surface area contributed by atoms with Gasteiger partial charge in [-0.2, -0.15) is 5.10 Å². The van der Waals surface area contributed by atoms with Crippen LogP contribution in [0.5, 0.6) is 11.5 Å². The average Bonchev–Trinajstić information content (AvgIpc) is 3.27. The molecule has 170 valence electrons. The molecule has 0 aromatic heterocycles. The van der Waals surface area contributed by atoms with Gasteiger partial charge in [-0.15, -0.1) is 0 Å². The second-order valence-electron chi connectivity index (χ2n) is 7.27. The molecule has 0 radical (unpaired) electrons. The summed E-state index contributed by atoms with van der Waals surface area (Å²) in [6.07, 6.45) is 0.827. The van der Waals surface area contributed by atoms with Crippen LogP contribution in [0.15, 0.2) is 71.8 Å². The van der Waals surface area contributed by atoms with Crippen LogP contribution in [0.2, 0.25) is 0 Å². The standard InChI is InChI=1S/C25H22F2N2O3S/c1-3-14-32-21-9-5-8-20(22(21)31-2)25-29(24(30)17-6-4-7-19(27)15-17)28-23(33-25)16-10-12-18(26)13-11-16/h4-13,15,25H,3,14H2,1-2H3. The molecule has 8 heteroatoms. The molecular weight excluding hydrogens is 446 g/mol. The lowest BCUT2D eigenvalue weighted by Crippen LogP contribution is -2.26. The molecule has 4 rings (SSSR count). The smallest absolute Gasteiger partial charge is 0.275 e. The predicted molar refractivity (Wildman–Crippen MR) is 125 cm³/mol. The number of carbonyl (C=O) groups excluding carboxylic acids is 1. The number of nitrogens with zero attached hydrogens (tertiary/aromatic N) is 2. The summed E-state index contributed by atoms with van der Waals surface area (Å²) >= 11 is 1.32. The van der Waals surface area contributed by atoms with Gasteiger partial charge in [0.25, 0.3) is 5.91 Å². The zero-order valence-electron chi connectivity index (χ0n) is 18.1. The highest BCUT2D eigenvalue weighted by molar-refractivity contribution is 8.14. The minimum Gasteiger partial charge on any atom is -0.492 e. The second kappa shape index (κ2) is 10.0. The molecule has 0 N–H and O–H groups in total. The number of thioether (sulfide) groups is 1. The van der Waals surface area contributed by atoms with Crippen molar-refractivity contribution in [3.63, 3.8) is 0 Å². The van der Waals surface area contributed by atoms with Gasteiger partial charge >= 0.3 is 0 Å². The third kappa shape index (κ3) is 4.85. The van der Waals surface area contributed by atoms with Gasteiger partial charge in [-0.05, 0) is 55.0 Å². The Balaban J connectivity index is 1.77. The van der Waals surface area contributed by atoms with Gasteiger partial charge in [-0.1, -0.05) is 36.9 Å². The summed E-state index contributed by atoms with van der Waals surface area (Å²) in [4.78, 5) is 13.4. The van der Waals surface area contributed by atoms with E-state index < -0.39 is 17.1 Å². The van der Waals surface area contributed by atoms with E-state index in [0.717, 1.165) is 6.42 Å². The lowest BCUT2D eigenvalue weighted by molar-refractivity contribution is 0.0747. The first kappa shape index (κ1) is 22.8. The fraction of sp³-hybridized carbons (Fsp3) is 0.200. The Bertz CT molecular complexity index is 1180. The summed E-state index contributed by atoms with van der Waals surface area (Å²) in [7, 11) is 1.54. The number of ether oxygens (including phenoxy) is 2. The van der Waals surface area contributed by atoms with Crippen molar-refractivity contribution in [1.82, 2.24) is 5.01 Å². The van der Waals surface area contributed by atoms with Gasteiger partial charge in [0.05, 0.1) is 13.7 Å². The maximum atomic E-state index is 13.8. The Labute approximate surface area is 195 Å². The molecule has 0 fully saturated rings. The van der Waals surface area contributed by atoms with Crippen LogP contribution in [0.25, 0.3) is 0 Å². The van der Waals surface area contributed by atoms with E-state index in [1.807, 2.05) is 19.1 Å². The predicted octanol–water partition coefficient (Wildman–Crippen LogP) is 6.01. The summed E-state index contributed by atoms with van der Waals surface area (Å²) in [6.45, 7) is 2.52. The molecule has 1 atom stereocenters. The molecular formula is C25H22F2N2O3S. The summed E-state index contributed by atoms with van der Waals surface area (Å²) in [6, 6.07) is 16.8. The topological polar surface area (TPSA) is 51.1 Å². The van der Waals surface area contributed by atoms with Crippen LogP contribution in [0.4, 0.5) is 8.78 Å². The number of hydrogen-bond acceptors (Lipinski definition) is 5. The van der Waals surface area contributed by atoms with Crippen molar-refractivity contribution in [2.45, 2.75) is 18.7 Å². The Morgan fingerprint density at radius 1 is 1.06 bits per heavy atom. The van der Waals surface area contributed by atoms with Crippen molar-refractivity contribution in [2.75, 3.05) is 13.7 Å². The molecule has 0 spiro atoms. The number of methoxy groups -OCH3 is 1. The lowest BCUT2D eigenvalue weighted by Gasteiger charge is -2.24. The van der Waals surface area contributed by atoms with E-state index in [9.17, 15) is 13.6 Å². The molecule has 1 unspecified atom stereocenters. The molecule has 1 aliphatic heterocycles. The minimum atomic E-state index is -0.596. The van der Waals surface area contributed by atoms with E-state index in [1.54, 1.807) is 18.2 Å². The molecule has 0 aliphatic carbocycles. The van der Waals surface area contributed by atoms with Gasteiger partial charge in [0, 0.05) is 16.7 Å². The SMILES string of the molecule is CCCOc1cccc(C2SC(c3ccc(F)cc3)=NN2C(=O)c2cccc(F)c2)c1OC. The highest BCUT2D eigenvalue weighted by Gasteiger charge is 2.37. The number of hydrogen-bond donors (Lipinski definition) is 0. The fourth-order valence-corrected chi connectivity index (χ4v) is 4.59. The van der Waals surface area contributed by atoms with Gasteiger partial charge in [0.15, 0.2) is 11.5 Å². The maximum absolute atomic E-state index is 13.8. The summed E-state index contributed by atoms with van der Waals surface area (Å²) in [5, 5.41) is 5.78. The van der Waals surface area contributed by atoms with Crippen LogP contribution >= 0.6 is 11.8 Å². The number of hydrazone groups is 1. The summed E-state index contributed by atoms with van der Waals surface area (Å²) in [5.74, 6) is -0.290. The first-order chi connectivity index (χ1) is 16.0. The maximum Gasteiger partial charge on any atom is 0.275 e. The number of carbonyl (C=O) groups is 1. The second-order valence-corrected chi connectivity index (χ2v) is 8.34. The van der Waals surface area contributed by atoms with Gasteiger partial charge in [-0.25, -0.2) is 13.8 Å². The van der Waals surface area contributed by atoms with Crippen molar-refractivity contribution >= 4 is 22.7 Å². The Hall–Kier alpha value is -3.39. The van der Waals surface area contributed by atoms with Gasteiger partial charge in [-0.3, -0.25) is 4.79 Å². The van der Waals surface area contributed by atoms with Crippen molar-refractivity contribution < 1.29 is 23.0 Å². The van der Waals surface area contributed by atoms with Crippen molar-refractivity contribution in [3.8, 4) is 11.5 Å². The summed E-state index contributed by atoms with van der Waals surface area (Å²) in [5.41, 5.74) is 1.52. The highest BCUT2D eigenvalue weighted by atomic mass is 32.2. The quantitative estimate of drug-likeness (QED) is 0.426. The molecule has 1 aliphatic rings. The van der Waals surface area contributed by atoms with Crippen LogP contribution in [0.1, 0.15) is 40.2 Å². The third-order valence-electron chi connectivity index (χ3n) is 4.96. The Kier molecular flexibility index (Phi) is 6.93. The average molecular weight is 469 g/mol. The fourth-order valence-electron chi connectivity index (χ4n) is 3.42. The first-order valence-electron chi connectivity index (χ1n) is 10.4. The molecule has 5 nitrogen and oxygen atoms in total. The summed E-state index contributed by atoms with van der Waals surface area (Å²) < 4.78 is 38.8. The Morgan fingerprint density at radius 2 is 1.82 bits per heavy atom. The van der Waals surface area contributed by atoms with E-state index in [4.69, 9.17) is 9.47 Å². The van der Waals surface area contributed by atoms with E-state index in [1.165, 1.54) is 60.3 Å². The molecule has 1 amide bonds. The van der Waals surface area contributed by atoms with E-state index in [0.29, 0.717) is 34.3 Å². The number of benzene rings is 3. The van der Waals surface area contributed by atoms with Gasteiger partial charge in [0.1, 0.15) is 22.1 Å². The minimum absolute atomic E-state index is 0.169. The molecule has 0 saturated carbocycles. The van der Waals surface area contributed by atoms with Crippen molar-refractivity contribution in [1.29, 1.82) is 0 Å². The number of rotatable bonds is 7. The highest BCUT2D eigenvalue weighted by Crippen LogP contribution is 2.47. The Morgan fingerprint density at radius 3 is 2.52 bits per heavy atom. The number of amides is 1. The van der Waals surface area contributed by atoms with E-state index in [2.05, 4.69) is 5.10 Å². The first-order valence-corrected chi connectivity index (χ1v) is 11.3. The van der Waals surface area contributed by atoms with Crippen molar-refractivity contribution in [2.24, 2.45) is 5.10 Å². The molecule has 3 aromatic rings. The van der Waals surface area contributed by atoms with Gasteiger partial charge in [0.2, 0.25) is 0 Å². The molecule has 0 bridgehead atoms.